The molecule has 0 rings (SSSR count). The van der Waals surface area contributed by atoms with Crippen LogP contribution < -0.4 is 0 Å². The summed E-state index contributed by atoms with van der Waals surface area (Å²) in [5, 5.41) is 0. The van der Waals surface area contributed by atoms with Gasteiger partial charge in [-0.25, -0.2) is 0 Å². The van der Waals surface area contributed by atoms with Crippen LogP contribution in [0.3, 0.4) is 0 Å². The summed E-state index contributed by atoms with van der Waals surface area (Å²) in [6.07, 6.45) is 1.93. The molecule has 0 aromatic heterocycles. The Morgan fingerprint density at radius 3 is 1.87 bits per heavy atom. The van der Waals surface area contributed by atoms with Gasteiger partial charge < -0.3 is 18.6 Å². The van der Waals surface area contributed by atoms with E-state index in [0.717, 1.165) is 12.8 Å². The molecule has 0 heterocycles. The fourth-order valence-corrected chi connectivity index (χ4v) is 0.447. The van der Waals surface area contributed by atoms with E-state index in [1.54, 1.807) is 6.92 Å². The minimum absolute atomic E-state index is 0. The molecule has 0 fully saturated rings. The molecule has 2 radical (unpaired) electrons. The van der Waals surface area contributed by atoms with Crippen molar-refractivity contribution >= 4 is 5.97 Å². The molecule has 0 aliphatic heterocycles. The van der Waals surface area contributed by atoms with Crippen LogP contribution in [0.15, 0.2) is 0 Å². The van der Waals surface area contributed by atoms with Gasteiger partial charge in [-0.05, 0) is 6.92 Å². The van der Waals surface area contributed by atoms with Gasteiger partial charge in [-0.2, -0.15) is 0 Å². The summed E-state index contributed by atoms with van der Waals surface area (Å²) in [5.74, 6) is 5.49. The molecule has 82 valence electrons. The van der Waals surface area contributed by atoms with E-state index in [4.69, 9.17) is 0 Å². The van der Waals surface area contributed by atoms with Crippen molar-refractivity contribution in [3.8, 4) is 11.8 Å². The minimum Gasteiger partial charge on any atom is -0.468 e. The summed E-state index contributed by atoms with van der Waals surface area (Å²) in [4.78, 5) is 10.1. The zero-order chi connectivity index (χ0) is 10.5. The number of esters is 1. The van der Waals surface area contributed by atoms with Gasteiger partial charge >= 0.3 is 0 Å². The predicted molar refractivity (Wildman–Crippen MR) is 54.6 cm³/mol. The Morgan fingerprint density at radius 2 is 1.73 bits per heavy atom. The summed E-state index contributed by atoms with van der Waals surface area (Å²) in [5.41, 5.74) is 0. The van der Waals surface area contributed by atoms with Gasteiger partial charge in [-0.15, -0.1) is 18.3 Å². The van der Waals surface area contributed by atoms with Crippen LogP contribution in [-0.2, 0) is 74.9 Å². The molecule has 0 aromatic carbocycles. The number of rotatable bonds is 2. The third kappa shape index (κ3) is 31.3. The predicted octanol–water partition coefficient (Wildman–Crippen LogP) is 2.39. The first kappa shape index (κ1) is 25.2. The van der Waals surface area contributed by atoms with Crippen LogP contribution in [0.2, 0.25) is 0 Å². The van der Waals surface area contributed by atoms with Crippen molar-refractivity contribution in [1.29, 1.82) is 0 Å². The average Bonchev–Trinajstić information content (AvgIpc) is 2.16. The molecule has 0 saturated carbocycles. The molecule has 0 aliphatic carbocycles. The van der Waals surface area contributed by atoms with Gasteiger partial charge in [0.2, 0.25) is 0 Å². The van der Waals surface area contributed by atoms with Gasteiger partial charge in [0.25, 0.3) is 5.97 Å². The van der Waals surface area contributed by atoms with E-state index in [-0.39, 0.29) is 77.8 Å². The number of carbonyl (C=O) groups excluding carboxylic acids is 1. The van der Waals surface area contributed by atoms with Crippen molar-refractivity contribution in [1.82, 2.24) is 0 Å². The molecule has 4 heteroatoms. The molecular weight excluding hydrogens is 342 g/mol. The first-order chi connectivity index (χ1) is 6.22. The standard InChI is InChI=1S/C6H9.C5H9O2.2Y/c1-3-5-6-4-2;1-3-5(6)7-4-2;;/h1,3-4H2,2H3;1,3-4H2,2H3;;/q2*-1;;. The Bertz CT molecular complexity index is 163. The largest absolute Gasteiger partial charge is 0.468 e. The van der Waals surface area contributed by atoms with Crippen molar-refractivity contribution in [2.24, 2.45) is 0 Å². The van der Waals surface area contributed by atoms with Crippen LogP contribution in [0.25, 0.3) is 0 Å². The van der Waals surface area contributed by atoms with Crippen molar-refractivity contribution in [3.05, 3.63) is 13.8 Å². The number of hydrogen-bond donors (Lipinski definition) is 0. The molecule has 0 aromatic rings. The van der Waals surface area contributed by atoms with E-state index in [9.17, 15) is 4.79 Å². The second-order valence-electron chi connectivity index (χ2n) is 2.01. The molecule has 0 amide bonds. The van der Waals surface area contributed by atoms with Crippen LogP contribution in [0.4, 0.5) is 0 Å². The Morgan fingerprint density at radius 1 is 1.20 bits per heavy atom. The second kappa shape index (κ2) is 24.5. The summed E-state index contributed by atoms with van der Waals surface area (Å²) in [6.45, 7) is 11.1. The van der Waals surface area contributed by atoms with E-state index in [0.29, 0.717) is 6.61 Å². The van der Waals surface area contributed by atoms with E-state index >= 15 is 0 Å². The van der Waals surface area contributed by atoms with Crippen LogP contribution in [-0.4, -0.2) is 12.6 Å². The molecule has 15 heavy (non-hydrogen) atoms. The Hall–Kier alpha value is 1.24. The fourth-order valence-electron chi connectivity index (χ4n) is 0.447. The summed E-state index contributed by atoms with van der Waals surface area (Å²) in [6, 6.07) is 0. The van der Waals surface area contributed by atoms with Crippen molar-refractivity contribution in [2.45, 2.75) is 33.1 Å². The van der Waals surface area contributed by atoms with Gasteiger partial charge in [0, 0.05) is 71.8 Å². The molecule has 0 N–H and O–H groups in total. The molecule has 0 unspecified atom stereocenters. The third-order valence-corrected chi connectivity index (χ3v) is 0.936. The Kier molecular flexibility index (Phi) is 41.1. The molecular formula is C11H18O2Y2-2. The Balaban J connectivity index is -0.0000000718. The maximum Gasteiger partial charge on any atom is 0.275 e. The summed E-state index contributed by atoms with van der Waals surface area (Å²) >= 11 is 0. The topological polar surface area (TPSA) is 26.3 Å². The van der Waals surface area contributed by atoms with E-state index < -0.39 is 0 Å². The van der Waals surface area contributed by atoms with Crippen LogP contribution >= 0.6 is 0 Å². The normalized spacial score (nSPS) is 6.40. The fraction of sp³-hybridized carbons (Fsp3) is 0.545. The van der Waals surface area contributed by atoms with Crippen LogP contribution in [0.5, 0.6) is 0 Å². The maximum atomic E-state index is 10.1. The van der Waals surface area contributed by atoms with Gasteiger partial charge in [-0.3, -0.25) is 4.79 Å². The molecule has 0 saturated heterocycles. The minimum atomic E-state index is -0.234. The zero-order valence-electron chi connectivity index (χ0n) is 9.71. The van der Waals surface area contributed by atoms with Gasteiger partial charge in [0.15, 0.2) is 0 Å². The Labute approximate surface area is 144 Å². The van der Waals surface area contributed by atoms with E-state index in [1.165, 1.54) is 0 Å². The molecule has 2 nitrogen and oxygen atoms in total. The van der Waals surface area contributed by atoms with Gasteiger partial charge in [0.1, 0.15) is 0 Å². The molecule has 0 bridgehead atoms. The molecule has 0 atom stereocenters. The van der Waals surface area contributed by atoms with E-state index in [1.807, 2.05) is 6.92 Å². The smallest absolute Gasteiger partial charge is 0.275 e. The van der Waals surface area contributed by atoms with Crippen molar-refractivity contribution in [2.75, 3.05) is 6.61 Å². The van der Waals surface area contributed by atoms with E-state index in [2.05, 4.69) is 30.4 Å². The van der Waals surface area contributed by atoms with Crippen LogP contribution in [0, 0.1) is 25.7 Å². The summed E-state index contributed by atoms with van der Waals surface area (Å²) < 4.78 is 4.49. The van der Waals surface area contributed by atoms with Gasteiger partial charge in [-0.1, -0.05) is 13.3 Å². The number of ether oxygens (including phenoxy) is 1. The number of carbonyl (C=O) groups is 1. The van der Waals surface area contributed by atoms with Crippen molar-refractivity contribution in [3.63, 3.8) is 0 Å². The number of hydrogen-bond acceptors (Lipinski definition) is 2. The molecule has 0 aliphatic rings. The first-order valence-electron chi connectivity index (χ1n) is 4.42. The second-order valence-corrected chi connectivity index (χ2v) is 2.01. The quantitative estimate of drug-likeness (QED) is 0.430. The monoisotopic (exact) mass is 360 g/mol. The average molecular weight is 360 g/mol. The SMILES string of the molecule is [CH2-]CC#CCC.[CH2-]CC(=O)OCC.[Y].[Y]. The maximum absolute atomic E-state index is 10.1. The van der Waals surface area contributed by atoms with Crippen LogP contribution in [0.1, 0.15) is 33.1 Å². The summed E-state index contributed by atoms with van der Waals surface area (Å²) in [7, 11) is 0. The first-order valence-corrected chi connectivity index (χ1v) is 4.42. The van der Waals surface area contributed by atoms with Gasteiger partial charge in [0.05, 0.1) is 6.61 Å². The van der Waals surface area contributed by atoms with Crippen molar-refractivity contribution < 1.29 is 74.9 Å². The molecule has 0 spiro atoms. The third-order valence-electron chi connectivity index (χ3n) is 0.936. The zero-order valence-corrected chi connectivity index (χ0v) is 15.4.